The van der Waals surface area contributed by atoms with E-state index in [1.807, 2.05) is 114 Å². The minimum atomic E-state index is -0.109. The first-order chi connectivity index (χ1) is 15.8. The molecular formula is C27H21NO3S. The van der Waals surface area contributed by atoms with Crippen molar-refractivity contribution in [1.29, 1.82) is 0 Å². The Bertz CT molecular complexity index is 1200. The molecule has 1 saturated heterocycles. The van der Waals surface area contributed by atoms with Gasteiger partial charge in [0.1, 0.15) is 28.4 Å². The van der Waals surface area contributed by atoms with E-state index < -0.39 is 0 Å². The van der Waals surface area contributed by atoms with Gasteiger partial charge in [0.15, 0.2) is 0 Å². The number of nitrogens with zero attached hydrogens (tertiary/aromatic N) is 1. The van der Waals surface area contributed by atoms with Crippen LogP contribution in [0.3, 0.4) is 0 Å². The summed E-state index contributed by atoms with van der Waals surface area (Å²) in [5.41, 5.74) is 1.87. The summed E-state index contributed by atoms with van der Waals surface area (Å²) >= 11 is 1.62. The van der Waals surface area contributed by atoms with Crippen LogP contribution in [0.5, 0.6) is 23.0 Å². The van der Waals surface area contributed by atoms with Crippen LogP contribution in [0.25, 0.3) is 0 Å². The Labute approximate surface area is 191 Å². The highest BCUT2D eigenvalue weighted by molar-refractivity contribution is 8.00. The predicted molar refractivity (Wildman–Crippen MR) is 129 cm³/mol. The van der Waals surface area contributed by atoms with Crippen LogP contribution in [0, 0.1) is 0 Å². The minimum absolute atomic E-state index is 0.0890. The molecule has 0 N–H and O–H groups in total. The quantitative estimate of drug-likeness (QED) is 0.323. The molecule has 0 aromatic heterocycles. The van der Waals surface area contributed by atoms with Crippen LogP contribution in [0.2, 0.25) is 0 Å². The molecule has 0 spiro atoms. The van der Waals surface area contributed by atoms with Gasteiger partial charge in [-0.3, -0.25) is 9.69 Å². The Morgan fingerprint density at radius 2 is 1.22 bits per heavy atom. The molecule has 4 nitrogen and oxygen atoms in total. The van der Waals surface area contributed by atoms with E-state index in [1.165, 1.54) is 0 Å². The molecule has 1 fully saturated rings. The molecule has 32 heavy (non-hydrogen) atoms. The zero-order valence-corrected chi connectivity index (χ0v) is 18.1. The standard InChI is InChI=1S/C27H21NO3S/c29-26-19-32-27(20-8-7-13-25(18-20)31-23-11-5-2-6-12-23)28(26)21-14-16-24(17-15-21)30-22-9-3-1-4-10-22/h1-18,27H,19H2/t27-/m0/s1. The fourth-order valence-electron chi connectivity index (χ4n) is 3.61. The second kappa shape index (κ2) is 9.20. The normalized spacial score (nSPS) is 15.6. The molecule has 0 aliphatic carbocycles. The van der Waals surface area contributed by atoms with Gasteiger partial charge in [-0.15, -0.1) is 11.8 Å². The monoisotopic (exact) mass is 439 g/mol. The van der Waals surface area contributed by atoms with Crippen molar-refractivity contribution < 1.29 is 14.3 Å². The Hall–Kier alpha value is -3.70. The smallest absolute Gasteiger partial charge is 0.238 e. The first-order valence-corrected chi connectivity index (χ1v) is 11.4. The van der Waals surface area contributed by atoms with Gasteiger partial charge in [0, 0.05) is 5.69 Å². The van der Waals surface area contributed by atoms with Gasteiger partial charge in [-0.05, 0) is 66.2 Å². The highest BCUT2D eigenvalue weighted by Crippen LogP contribution is 2.43. The van der Waals surface area contributed by atoms with Gasteiger partial charge >= 0.3 is 0 Å². The average molecular weight is 440 g/mol. The molecular weight excluding hydrogens is 418 g/mol. The van der Waals surface area contributed by atoms with Crippen molar-refractivity contribution in [2.75, 3.05) is 10.7 Å². The van der Waals surface area contributed by atoms with Gasteiger partial charge in [-0.25, -0.2) is 0 Å². The number of carbonyl (C=O) groups is 1. The number of anilines is 1. The first-order valence-electron chi connectivity index (χ1n) is 10.4. The number of carbonyl (C=O) groups excluding carboxylic acids is 1. The van der Waals surface area contributed by atoms with Gasteiger partial charge in [0.2, 0.25) is 5.91 Å². The molecule has 0 radical (unpaired) electrons. The van der Waals surface area contributed by atoms with Crippen molar-refractivity contribution in [2.24, 2.45) is 0 Å². The van der Waals surface area contributed by atoms with Crippen molar-refractivity contribution in [1.82, 2.24) is 0 Å². The summed E-state index contributed by atoms with van der Waals surface area (Å²) in [5.74, 6) is 3.57. The molecule has 0 bridgehead atoms. The van der Waals surface area contributed by atoms with Crippen LogP contribution in [-0.2, 0) is 4.79 Å². The van der Waals surface area contributed by atoms with Crippen molar-refractivity contribution >= 4 is 23.4 Å². The van der Waals surface area contributed by atoms with Gasteiger partial charge < -0.3 is 9.47 Å². The largest absolute Gasteiger partial charge is 0.457 e. The van der Waals surface area contributed by atoms with Crippen molar-refractivity contribution in [3.05, 3.63) is 115 Å². The van der Waals surface area contributed by atoms with Gasteiger partial charge in [-0.1, -0.05) is 48.5 Å². The molecule has 0 saturated carbocycles. The molecule has 4 aromatic carbocycles. The summed E-state index contributed by atoms with van der Waals surface area (Å²) in [7, 11) is 0. The number of ether oxygens (including phenoxy) is 2. The summed E-state index contributed by atoms with van der Waals surface area (Å²) in [6, 6.07) is 34.9. The number of hydrogen-bond acceptors (Lipinski definition) is 4. The third kappa shape index (κ3) is 4.48. The van der Waals surface area contributed by atoms with E-state index >= 15 is 0 Å². The summed E-state index contributed by atoms with van der Waals surface area (Å²) in [6.45, 7) is 0. The third-order valence-corrected chi connectivity index (χ3v) is 6.30. The Kier molecular flexibility index (Phi) is 5.81. The van der Waals surface area contributed by atoms with Crippen LogP contribution >= 0.6 is 11.8 Å². The summed E-state index contributed by atoms with van der Waals surface area (Å²) in [6.07, 6.45) is 0. The van der Waals surface area contributed by atoms with Crippen LogP contribution in [-0.4, -0.2) is 11.7 Å². The lowest BCUT2D eigenvalue weighted by Gasteiger charge is -2.25. The lowest BCUT2D eigenvalue weighted by atomic mass is 10.1. The third-order valence-electron chi connectivity index (χ3n) is 5.08. The summed E-state index contributed by atoms with van der Waals surface area (Å²) in [5, 5.41) is -0.109. The summed E-state index contributed by atoms with van der Waals surface area (Å²) in [4.78, 5) is 14.6. The zero-order chi connectivity index (χ0) is 21.8. The molecule has 1 heterocycles. The molecule has 5 heteroatoms. The van der Waals surface area contributed by atoms with Gasteiger partial charge in [0.25, 0.3) is 0 Å². The van der Waals surface area contributed by atoms with Crippen LogP contribution < -0.4 is 14.4 Å². The van der Waals surface area contributed by atoms with E-state index in [4.69, 9.17) is 9.47 Å². The number of amides is 1. The van der Waals surface area contributed by atoms with Crippen molar-refractivity contribution in [3.8, 4) is 23.0 Å². The van der Waals surface area contributed by atoms with E-state index in [0.717, 1.165) is 34.2 Å². The molecule has 4 aromatic rings. The molecule has 5 rings (SSSR count). The maximum atomic E-state index is 12.8. The van der Waals surface area contributed by atoms with E-state index in [9.17, 15) is 4.79 Å². The molecule has 158 valence electrons. The lowest BCUT2D eigenvalue weighted by Crippen LogP contribution is -2.27. The fourth-order valence-corrected chi connectivity index (χ4v) is 4.77. The Morgan fingerprint density at radius 3 is 1.88 bits per heavy atom. The number of hydrogen-bond donors (Lipinski definition) is 0. The predicted octanol–water partition coefficient (Wildman–Crippen LogP) is 7.05. The zero-order valence-electron chi connectivity index (χ0n) is 17.3. The van der Waals surface area contributed by atoms with Crippen LogP contribution in [0.1, 0.15) is 10.9 Å². The Balaban J connectivity index is 1.36. The summed E-state index contributed by atoms with van der Waals surface area (Å²) < 4.78 is 11.9. The highest BCUT2D eigenvalue weighted by atomic mass is 32.2. The Morgan fingerprint density at radius 1 is 0.656 bits per heavy atom. The van der Waals surface area contributed by atoms with E-state index in [0.29, 0.717) is 5.75 Å². The number of para-hydroxylation sites is 2. The minimum Gasteiger partial charge on any atom is -0.457 e. The number of thioether (sulfide) groups is 1. The topological polar surface area (TPSA) is 38.8 Å². The maximum Gasteiger partial charge on any atom is 0.238 e. The van der Waals surface area contributed by atoms with Gasteiger partial charge in [-0.2, -0.15) is 0 Å². The van der Waals surface area contributed by atoms with E-state index in [2.05, 4.69) is 0 Å². The number of rotatable bonds is 6. The molecule has 0 unspecified atom stereocenters. The van der Waals surface area contributed by atoms with E-state index in [1.54, 1.807) is 11.8 Å². The number of benzene rings is 4. The lowest BCUT2D eigenvalue weighted by molar-refractivity contribution is -0.115. The first kappa shape index (κ1) is 20.2. The highest BCUT2D eigenvalue weighted by Gasteiger charge is 2.34. The van der Waals surface area contributed by atoms with Gasteiger partial charge in [0.05, 0.1) is 5.75 Å². The molecule has 1 amide bonds. The van der Waals surface area contributed by atoms with Crippen LogP contribution in [0.15, 0.2) is 109 Å². The fraction of sp³-hybridized carbons (Fsp3) is 0.0741. The molecule has 1 aliphatic heterocycles. The van der Waals surface area contributed by atoms with Crippen molar-refractivity contribution in [3.63, 3.8) is 0 Å². The van der Waals surface area contributed by atoms with Crippen LogP contribution in [0.4, 0.5) is 5.69 Å². The van der Waals surface area contributed by atoms with E-state index in [-0.39, 0.29) is 11.3 Å². The maximum absolute atomic E-state index is 12.8. The second-order valence-electron chi connectivity index (χ2n) is 7.32. The SMILES string of the molecule is O=C1CS[C@@H](c2cccc(Oc3ccccc3)c2)N1c1ccc(Oc2ccccc2)cc1. The average Bonchev–Trinajstić information content (AvgIpc) is 3.22. The molecule has 1 aliphatic rings. The second-order valence-corrected chi connectivity index (χ2v) is 8.39. The van der Waals surface area contributed by atoms with Crippen molar-refractivity contribution in [2.45, 2.75) is 5.37 Å². The molecule has 1 atom stereocenters.